The summed E-state index contributed by atoms with van der Waals surface area (Å²) in [7, 11) is 0. The van der Waals surface area contributed by atoms with Crippen LogP contribution in [0.1, 0.15) is 0 Å². The predicted molar refractivity (Wildman–Crippen MR) is 311 cm³/mol. The van der Waals surface area contributed by atoms with E-state index >= 15 is 0 Å². The Labute approximate surface area is 408 Å². The Morgan fingerprint density at radius 1 is 0.0833 bits per heavy atom. The van der Waals surface area contributed by atoms with Gasteiger partial charge in [-0.25, -0.2) is 0 Å². The Morgan fingerprint density at radius 3 is 0.236 bits per heavy atom. The van der Waals surface area contributed by atoms with Crippen molar-refractivity contribution in [3.63, 3.8) is 0 Å². The third-order valence-electron chi connectivity index (χ3n) is 18.7. The Kier molecular flexibility index (Phi) is 5.39. The molecule has 29 rings (SSSR count). The lowest BCUT2D eigenvalue weighted by atomic mass is 9.67. The quantitative estimate of drug-likeness (QED) is 0.133. The number of hydrogen-bond acceptors (Lipinski definition) is 0. The third kappa shape index (κ3) is 3.55. The van der Waals surface area contributed by atoms with Crippen LogP contribution < -0.4 is 0 Å². The minimum Gasteiger partial charge on any atom is -0.0537 e. The molecule has 0 radical (unpaired) electrons. The van der Waals surface area contributed by atoms with Crippen LogP contribution in [0.25, 0.3) is 217 Å². The average Bonchev–Trinajstić information content (AvgIpc) is 3.48. The van der Waals surface area contributed by atoms with Gasteiger partial charge in [-0.3, -0.25) is 0 Å². The summed E-state index contributed by atoms with van der Waals surface area (Å²) in [5.74, 6) is 0. The van der Waals surface area contributed by atoms with E-state index in [0.717, 1.165) is 0 Å². The molecular weight excluding hydrogens is 865 g/mol. The van der Waals surface area contributed by atoms with Gasteiger partial charge in [0.2, 0.25) is 0 Å². The molecule has 0 heterocycles. The minimum atomic E-state index is 1.29. The van der Waals surface area contributed by atoms with Crippen molar-refractivity contribution < 1.29 is 0 Å². The third-order valence-corrected chi connectivity index (χ3v) is 18.7. The van der Waals surface area contributed by atoms with Gasteiger partial charge in [0.05, 0.1) is 0 Å². The summed E-state index contributed by atoms with van der Waals surface area (Å²) in [5.41, 5.74) is 11.0. The van der Waals surface area contributed by atoms with Gasteiger partial charge in [0.25, 0.3) is 0 Å². The fraction of sp³-hybridized carbons (Fsp3) is 0. The van der Waals surface area contributed by atoms with Gasteiger partial charge in [0.15, 0.2) is 0 Å². The highest BCUT2D eigenvalue weighted by Gasteiger charge is 2.38. The highest BCUT2D eigenvalue weighted by Crippen LogP contribution is 2.66. The molecule has 28 aromatic rings. The van der Waals surface area contributed by atoms with Gasteiger partial charge in [0, 0.05) is 0 Å². The molecule has 320 valence electrons. The van der Waals surface area contributed by atoms with Crippen LogP contribution in [-0.4, -0.2) is 0 Å². The van der Waals surface area contributed by atoms with Crippen molar-refractivity contribution in [1.29, 1.82) is 0 Å². The Balaban J connectivity index is 1.23. The highest BCUT2D eigenvalue weighted by atomic mass is 14.4. The summed E-state index contributed by atoms with van der Waals surface area (Å²) in [6, 6.07) is 76.9. The van der Waals surface area contributed by atoms with Gasteiger partial charge in [-0.05, 0) is 217 Å². The molecule has 1 aliphatic carbocycles. The fourth-order valence-corrected chi connectivity index (χ4v) is 16.0. The second kappa shape index (κ2) is 11.1. The van der Waals surface area contributed by atoms with E-state index in [2.05, 4.69) is 194 Å². The van der Waals surface area contributed by atoms with Gasteiger partial charge < -0.3 is 0 Å². The Hall–Kier alpha value is -9.36. The van der Waals surface area contributed by atoms with E-state index in [1.807, 2.05) is 0 Å². The van der Waals surface area contributed by atoms with Crippen molar-refractivity contribution in [2.75, 3.05) is 0 Å². The summed E-state index contributed by atoms with van der Waals surface area (Å²) >= 11 is 0. The molecule has 72 heavy (non-hydrogen) atoms. The molecular formula is C72H32. The first-order valence-corrected chi connectivity index (χ1v) is 25.6. The SMILES string of the molecule is c1cc2ccc1c1c3c(c4c5ccc(cc5)c4c21)-c1c(c2c4ccc(cc4)c2c2c4ccc(cc4)c12)-c1c(c2c4ccc(cc4)c2c2c4ccc(cc4)c12)-c1c-3c2c3ccc(cc3)c2c2c3ccc(cc3)c12. The Morgan fingerprint density at radius 2 is 0.153 bits per heavy atom. The lowest BCUT2D eigenvalue weighted by molar-refractivity contribution is 1.67. The minimum absolute atomic E-state index is 1.29. The lowest BCUT2D eigenvalue weighted by Gasteiger charge is -2.35. The van der Waals surface area contributed by atoms with Crippen LogP contribution in [0, 0.1) is 0 Å². The van der Waals surface area contributed by atoms with Gasteiger partial charge in [-0.1, -0.05) is 194 Å². The maximum atomic E-state index is 2.42. The van der Waals surface area contributed by atoms with E-state index < -0.39 is 0 Å². The van der Waals surface area contributed by atoms with Crippen LogP contribution >= 0.6 is 0 Å². The van der Waals surface area contributed by atoms with E-state index in [1.54, 1.807) is 0 Å². The smallest absolute Gasteiger partial charge is 0.0000476 e. The van der Waals surface area contributed by atoms with Crippen LogP contribution in [0.3, 0.4) is 0 Å². The van der Waals surface area contributed by atoms with Crippen LogP contribution in [0.2, 0.25) is 0 Å². The molecule has 0 saturated carbocycles. The zero-order valence-corrected chi connectivity index (χ0v) is 38.5. The molecule has 0 spiro atoms. The standard InChI is InChI=1S/C72H32/c1-17-41-18-2-33(1)49-50-34-3-19-42(20-4-34)58(50)66-65(57(41)49)67-59-43-21-5-35(6-22-43)51(59)52-36-9-25-45(26-10-36)61(52)69(67)71-63-47-29-13-39(14-30-47)55(63)56-40-15-31-48(32-16-40)64(56)72(71)70-62-46-27-11-38(12-28-46)54(62)53-37-7-23-44(24-8-37)60(53)68(66)70/h1-32H. The summed E-state index contributed by atoms with van der Waals surface area (Å²) in [6.45, 7) is 0. The summed E-state index contributed by atoms with van der Waals surface area (Å²) in [4.78, 5) is 0. The monoisotopic (exact) mass is 896 g/mol. The van der Waals surface area contributed by atoms with Crippen LogP contribution in [0.4, 0.5) is 0 Å². The van der Waals surface area contributed by atoms with Gasteiger partial charge >= 0.3 is 0 Å². The van der Waals surface area contributed by atoms with Crippen molar-refractivity contribution in [2.45, 2.75) is 0 Å². The average molecular weight is 897 g/mol. The topological polar surface area (TPSA) is 0 Å². The van der Waals surface area contributed by atoms with Crippen molar-refractivity contribution in [3.05, 3.63) is 194 Å². The van der Waals surface area contributed by atoms with E-state index in [1.165, 1.54) is 217 Å². The van der Waals surface area contributed by atoms with E-state index in [0.29, 0.717) is 0 Å². The molecule has 0 aromatic heterocycles. The van der Waals surface area contributed by atoms with E-state index in [9.17, 15) is 0 Å². The molecule has 1 aliphatic rings. The number of hydrogen-bond donors (Lipinski definition) is 0. The van der Waals surface area contributed by atoms with Crippen LogP contribution in [0.15, 0.2) is 194 Å². The van der Waals surface area contributed by atoms with Crippen molar-refractivity contribution >= 4 is 172 Å². The molecule has 0 aliphatic heterocycles. The van der Waals surface area contributed by atoms with Crippen LogP contribution in [-0.2, 0) is 0 Å². The molecule has 0 atom stereocenters. The molecule has 0 saturated heterocycles. The molecule has 28 aromatic carbocycles. The summed E-state index contributed by atoms with van der Waals surface area (Å²) in [6.07, 6.45) is 0. The Bertz CT molecular complexity index is 4570. The number of rotatable bonds is 0. The summed E-state index contributed by atoms with van der Waals surface area (Å²) < 4.78 is 0. The molecule has 0 heteroatoms. The second-order valence-electron chi connectivity index (χ2n) is 21.6. The molecule has 0 N–H and O–H groups in total. The highest BCUT2D eigenvalue weighted by molar-refractivity contribution is 6.51. The normalized spacial score (nSPS) is 13.6. The zero-order valence-electron chi connectivity index (χ0n) is 38.5. The van der Waals surface area contributed by atoms with E-state index in [-0.39, 0.29) is 0 Å². The van der Waals surface area contributed by atoms with Crippen molar-refractivity contribution in [2.24, 2.45) is 0 Å². The molecule has 0 nitrogen and oxygen atoms in total. The first kappa shape index (κ1) is 34.8. The number of benzene rings is 28. The van der Waals surface area contributed by atoms with Crippen molar-refractivity contribution in [1.82, 2.24) is 0 Å². The lowest BCUT2D eigenvalue weighted by Crippen LogP contribution is -2.07. The zero-order chi connectivity index (χ0) is 45.7. The first-order chi connectivity index (χ1) is 35.7. The first-order valence-electron chi connectivity index (χ1n) is 25.6. The summed E-state index contributed by atoms with van der Waals surface area (Å²) in [5, 5.41) is 42.7. The molecule has 0 unspecified atom stereocenters. The molecule has 16 bridgehead atoms. The number of fused-ring (bicyclic) bond motifs is 24. The maximum Gasteiger partial charge on any atom is -0.0000476 e. The van der Waals surface area contributed by atoms with Crippen molar-refractivity contribution in [3.8, 4) is 44.5 Å². The predicted octanol–water partition coefficient (Wildman–Crippen LogP) is 20.6. The maximum absolute atomic E-state index is 2.42. The second-order valence-corrected chi connectivity index (χ2v) is 21.6. The van der Waals surface area contributed by atoms with Gasteiger partial charge in [-0.2, -0.15) is 0 Å². The van der Waals surface area contributed by atoms with Crippen LogP contribution in [0.5, 0.6) is 0 Å². The van der Waals surface area contributed by atoms with Gasteiger partial charge in [0.1, 0.15) is 0 Å². The molecule has 0 fully saturated rings. The molecule has 0 amide bonds. The van der Waals surface area contributed by atoms with Gasteiger partial charge in [-0.15, -0.1) is 0 Å². The largest absolute Gasteiger partial charge is 0.0537 e. The fourth-order valence-electron chi connectivity index (χ4n) is 16.0. The van der Waals surface area contributed by atoms with E-state index in [4.69, 9.17) is 0 Å².